The van der Waals surface area contributed by atoms with Crippen molar-refractivity contribution in [2.45, 2.75) is 17.8 Å². The first-order valence-electron chi connectivity index (χ1n) is 6.04. The van der Waals surface area contributed by atoms with Crippen molar-refractivity contribution in [3.8, 4) is 0 Å². The molecule has 0 aliphatic rings. The van der Waals surface area contributed by atoms with Gasteiger partial charge in [0.25, 0.3) is 0 Å². The first-order valence-corrected chi connectivity index (χ1v) is 8.83. The van der Waals surface area contributed by atoms with Gasteiger partial charge in [-0.05, 0) is 24.6 Å². The summed E-state index contributed by atoms with van der Waals surface area (Å²) in [5.74, 6) is 1.88. The van der Waals surface area contributed by atoms with E-state index in [2.05, 4.69) is 38.6 Å². The van der Waals surface area contributed by atoms with Gasteiger partial charge in [-0.15, -0.1) is 0 Å². The van der Waals surface area contributed by atoms with E-state index in [0.29, 0.717) is 0 Å². The molecule has 18 heavy (non-hydrogen) atoms. The molecule has 0 saturated carbocycles. The van der Waals surface area contributed by atoms with Crippen LogP contribution in [0.25, 0.3) is 11.0 Å². The van der Waals surface area contributed by atoms with E-state index in [1.54, 1.807) is 23.5 Å². The Morgan fingerprint density at radius 3 is 2.17 bits per heavy atom. The molecule has 0 aliphatic carbocycles. The zero-order valence-corrected chi connectivity index (χ0v) is 12.7. The van der Waals surface area contributed by atoms with Crippen molar-refractivity contribution < 1.29 is 0 Å². The van der Waals surface area contributed by atoms with Crippen molar-refractivity contribution >= 4 is 42.4 Å². The molecular weight excluding hydrogens is 259 g/mol. The summed E-state index contributed by atoms with van der Waals surface area (Å²) < 4.78 is 0. The number of benzene rings is 1. The summed E-state index contributed by atoms with van der Waals surface area (Å²) in [4.78, 5) is 9.56. The SMILES string of the molecule is BCc1ccc2nc(CSC)c(CSC)nc2c1. The van der Waals surface area contributed by atoms with E-state index >= 15 is 0 Å². The molecule has 0 unspecified atom stereocenters. The quantitative estimate of drug-likeness (QED) is 0.784. The summed E-state index contributed by atoms with van der Waals surface area (Å²) in [5.41, 5.74) is 5.64. The van der Waals surface area contributed by atoms with Gasteiger partial charge in [-0.3, -0.25) is 0 Å². The largest absolute Gasteiger partial charge is 0.248 e. The molecule has 1 aromatic carbocycles. The van der Waals surface area contributed by atoms with Gasteiger partial charge in [-0.1, -0.05) is 17.9 Å². The molecule has 2 rings (SSSR count). The Labute approximate surface area is 118 Å². The number of aromatic nitrogens is 2. The van der Waals surface area contributed by atoms with Crippen LogP contribution in [0.3, 0.4) is 0 Å². The minimum atomic E-state index is 0.939. The van der Waals surface area contributed by atoms with Crippen LogP contribution in [0.1, 0.15) is 17.0 Å². The van der Waals surface area contributed by atoms with E-state index in [1.807, 2.05) is 0 Å². The number of rotatable bonds is 5. The third kappa shape index (κ3) is 3.01. The van der Waals surface area contributed by atoms with E-state index in [-0.39, 0.29) is 0 Å². The Balaban J connectivity index is 2.52. The van der Waals surface area contributed by atoms with Crippen molar-refractivity contribution in [2.24, 2.45) is 0 Å². The number of hydrogen-bond donors (Lipinski definition) is 0. The molecule has 94 valence electrons. The molecular formula is C13H17BN2S2. The number of fused-ring (bicyclic) bond motifs is 1. The van der Waals surface area contributed by atoms with Crippen LogP contribution in [-0.2, 0) is 17.8 Å². The lowest BCUT2D eigenvalue weighted by molar-refractivity contribution is 1.07. The van der Waals surface area contributed by atoms with Gasteiger partial charge < -0.3 is 0 Å². The van der Waals surface area contributed by atoms with E-state index < -0.39 is 0 Å². The summed E-state index contributed by atoms with van der Waals surface area (Å²) in [6, 6.07) is 6.40. The molecule has 0 atom stereocenters. The molecule has 0 aliphatic heterocycles. The highest BCUT2D eigenvalue weighted by molar-refractivity contribution is 7.98. The van der Waals surface area contributed by atoms with Crippen LogP contribution in [0.2, 0.25) is 0 Å². The van der Waals surface area contributed by atoms with Crippen LogP contribution in [0.4, 0.5) is 0 Å². The average molecular weight is 276 g/mol. The predicted octanol–water partition coefficient (Wildman–Crippen LogP) is 2.49. The summed E-state index contributed by atoms with van der Waals surface area (Å²) >= 11 is 3.60. The summed E-state index contributed by atoms with van der Waals surface area (Å²) in [5, 5.41) is 0. The molecule has 0 fully saturated rings. The third-order valence-corrected chi connectivity index (χ3v) is 3.98. The smallest absolute Gasteiger partial charge is 0.107 e. The predicted molar refractivity (Wildman–Crippen MR) is 86.2 cm³/mol. The molecule has 0 saturated heterocycles. The van der Waals surface area contributed by atoms with Gasteiger partial charge in [0.15, 0.2) is 0 Å². The van der Waals surface area contributed by atoms with Crippen LogP contribution in [0.15, 0.2) is 18.2 Å². The van der Waals surface area contributed by atoms with Gasteiger partial charge in [-0.25, -0.2) is 9.97 Å². The standard InChI is InChI=1S/C13H17BN2S2/c1-17-7-12-13(8-18-2)16-11-5-9(6-14)3-4-10(11)15-12/h3-5H,6-8,14H2,1-2H3. The molecule has 5 heteroatoms. The van der Waals surface area contributed by atoms with Crippen LogP contribution in [-0.4, -0.2) is 30.3 Å². The molecule has 0 spiro atoms. The fourth-order valence-electron chi connectivity index (χ4n) is 1.90. The number of thioether (sulfide) groups is 2. The Morgan fingerprint density at radius 1 is 1.00 bits per heavy atom. The molecule has 0 N–H and O–H groups in total. The van der Waals surface area contributed by atoms with Crippen molar-refractivity contribution in [3.63, 3.8) is 0 Å². The molecule has 0 radical (unpaired) electrons. The first kappa shape index (κ1) is 13.7. The number of nitrogens with zero attached hydrogens (tertiary/aromatic N) is 2. The van der Waals surface area contributed by atoms with Gasteiger partial charge in [0.1, 0.15) is 7.85 Å². The van der Waals surface area contributed by atoms with E-state index in [1.165, 1.54) is 5.56 Å². The molecule has 1 aromatic heterocycles. The van der Waals surface area contributed by atoms with E-state index in [0.717, 1.165) is 40.2 Å². The van der Waals surface area contributed by atoms with Gasteiger partial charge in [0, 0.05) is 11.5 Å². The van der Waals surface area contributed by atoms with E-state index in [4.69, 9.17) is 9.97 Å². The lowest BCUT2D eigenvalue weighted by Crippen LogP contribution is -2.00. The fraction of sp³-hybridized carbons (Fsp3) is 0.385. The van der Waals surface area contributed by atoms with E-state index in [9.17, 15) is 0 Å². The molecule has 1 heterocycles. The highest BCUT2D eigenvalue weighted by Crippen LogP contribution is 2.20. The van der Waals surface area contributed by atoms with Gasteiger partial charge in [0.05, 0.1) is 22.4 Å². The zero-order chi connectivity index (χ0) is 13.0. The molecule has 2 nitrogen and oxygen atoms in total. The first-order chi connectivity index (χ1) is 8.78. The number of hydrogen-bond acceptors (Lipinski definition) is 4. The van der Waals surface area contributed by atoms with Crippen LogP contribution in [0, 0.1) is 0 Å². The lowest BCUT2D eigenvalue weighted by Gasteiger charge is -2.08. The van der Waals surface area contributed by atoms with Crippen molar-refractivity contribution in [2.75, 3.05) is 12.5 Å². The topological polar surface area (TPSA) is 25.8 Å². The summed E-state index contributed by atoms with van der Waals surface area (Å²) in [6.07, 6.45) is 5.26. The third-order valence-electron chi connectivity index (χ3n) is 2.85. The Kier molecular flexibility index (Phi) is 4.95. The van der Waals surface area contributed by atoms with Crippen molar-refractivity contribution in [1.82, 2.24) is 9.97 Å². The van der Waals surface area contributed by atoms with Crippen molar-refractivity contribution in [3.05, 3.63) is 35.2 Å². The summed E-state index contributed by atoms with van der Waals surface area (Å²) in [6.45, 7) is 0. The highest BCUT2D eigenvalue weighted by Gasteiger charge is 2.08. The lowest BCUT2D eigenvalue weighted by atomic mass is 9.97. The maximum atomic E-state index is 4.80. The minimum absolute atomic E-state index is 0.939. The molecule has 2 aromatic rings. The normalized spacial score (nSPS) is 11.0. The second-order valence-electron chi connectivity index (χ2n) is 4.16. The van der Waals surface area contributed by atoms with Crippen LogP contribution < -0.4 is 0 Å². The van der Waals surface area contributed by atoms with Crippen molar-refractivity contribution in [1.29, 1.82) is 0 Å². The van der Waals surface area contributed by atoms with Gasteiger partial charge in [-0.2, -0.15) is 23.5 Å². The highest BCUT2D eigenvalue weighted by atomic mass is 32.2. The Morgan fingerprint density at radius 2 is 1.61 bits per heavy atom. The average Bonchev–Trinajstić information content (AvgIpc) is 2.39. The van der Waals surface area contributed by atoms with Gasteiger partial charge >= 0.3 is 0 Å². The molecule has 0 amide bonds. The maximum Gasteiger partial charge on any atom is 0.107 e. The maximum absolute atomic E-state index is 4.80. The Hall–Kier alpha value is -0.675. The fourth-order valence-corrected chi connectivity index (χ4v) is 2.91. The minimum Gasteiger partial charge on any atom is -0.248 e. The van der Waals surface area contributed by atoms with Crippen LogP contribution in [0.5, 0.6) is 0 Å². The summed E-state index contributed by atoms with van der Waals surface area (Å²) in [7, 11) is 2.17. The Bertz CT molecular complexity index is 546. The molecule has 0 bridgehead atoms. The second-order valence-corrected chi connectivity index (χ2v) is 5.89. The second kappa shape index (κ2) is 6.48. The zero-order valence-electron chi connectivity index (χ0n) is 11.1. The van der Waals surface area contributed by atoms with Crippen LogP contribution >= 0.6 is 23.5 Å². The monoisotopic (exact) mass is 276 g/mol. The van der Waals surface area contributed by atoms with Gasteiger partial charge in [0.2, 0.25) is 0 Å².